The monoisotopic (exact) mass is 526 g/mol. The summed E-state index contributed by atoms with van der Waals surface area (Å²) in [4.78, 5) is 18.9. The van der Waals surface area contributed by atoms with E-state index in [2.05, 4.69) is 33.5 Å². The van der Waals surface area contributed by atoms with Gasteiger partial charge in [-0.05, 0) is 42.5 Å². The summed E-state index contributed by atoms with van der Waals surface area (Å²) in [5, 5.41) is 4.70. The minimum absolute atomic E-state index is 0.172. The second-order valence-electron chi connectivity index (χ2n) is 9.00. The van der Waals surface area contributed by atoms with Crippen LogP contribution < -0.4 is 9.62 Å². The van der Waals surface area contributed by atoms with Gasteiger partial charge >= 0.3 is 12.2 Å². The van der Waals surface area contributed by atoms with Crippen molar-refractivity contribution in [2.24, 2.45) is 0 Å². The summed E-state index contributed by atoms with van der Waals surface area (Å²) in [6.07, 6.45) is -0.703. The number of hydrogen-bond acceptors (Lipinski definition) is 6. The number of halogens is 3. The van der Waals surface area contributed by atoms with Crippen LogP contribution in [0.15, 0.2) is 30.5 Å². The highest BCUT2D eigenvalue weighted by atomic mass is 32.2. The molecule has 2 aromatic rings. The second-order valence-corrected chi connectivity index (χ2v) is 10.4. The topological polar surface area (TPSA) is 56.6 Å². The van der Waals surface area contributed by atoms with Gasteiger partial charge in [-0.15, -0.1) is 5.10 Å². The maximum atomic E-state index is 13.3. The average Bonchev–Trinajstić information content (AvgIpc) is 3.56. The van der Waals surface area contributed by atoms with E-state index in [-0.39, 0.29) is 6.03 Å². The number of alkyl halides is 3. The van der Waals surface area contributed by atoms with Crippen molar-refractivity contribution in [2.45, 2.75) is 58.5 Å². The molecule has 36 heavy (non-hydrogen) atoms. The third-order valence-corrected chi connectivity index (χ3v) is 6.88. The lowest BCUT2D eigenvalue weighted by Crippen LogP contribution is -2.49. The zero-order chi connectivity index (χ0) is 26.3. The molecule has 4 rings (SSSR count). The van der Waals surface area contributed by atoms with Crippen molar-refractivity contribution < 1.29 is 18.0 Å². The summed E-state index contributed by atoms with van der Waals surface area (Å²) in [6.45, 7) is 12.7. The first-order valence-corrected chi connectivity index (χ1v) is 13.5. The molecule has 11 heteroatoms. The molecule has 0 radical (unpaired) electrons. The van der Waals surface area contributed by atoms with Crippen molar-refractivity contribution in [2.75, 3.05) is 48.9 Å². The maximum Gasteiger partial charge on any atom is 0.416 e. The predicted octanol–water partition coefficient (Wildman–Crippen LogP) is 5.78. The summed E-state index contributed by atoms with van der Waals surface area (Å²) in [5.41, 5.74) is 0.982. The van der Waals surface area contributed by atoms with Crippen LogP contribution in [0.25, 0.3) is 0 Å². The molecular weight excluding hydrogens is 489 g/mol. The lowest BCUT2D eigenvalue weighted by molar-refractivity contribution is -0.137. The molecule has 2 aliphatic heterocycles. The Morgan fingerprint density at radius 3 is 2.33 bits per heavy atom. The molecule has 1 aromatic heterocycles. The number of aromatic nitrogens is 2. The van der Waals surface area contributed by atoms with E-state index in [1.54, 1.807) is 23.2 Å². The molecule has 1 amide bonds. The molecular formula is C25H37F3N6OS. The van der Waals surface area contributed by atoms with Crippen molar-refractivity contribution in [3.8, 4) is 0 Å². The third kappa shape index (κ3) is 7.32. The molecule has 2 aliphatic rings. The molecule has 0 atom stereocenters. The fourth-order valence-corrected chi connectivity index (χ4v) is 4.74. The Balaban J connectivity index is 0.00000176. The number of rotatable bonds is 6. The van der Waals surface area contributed by atoms with E-state index in [4.69, 9.17) is 0 Å². The SMILES string of the molecule is CC.CC(C)SNc1ccn(C(=O)N2CCN(Cc3ccc(C(F)(F)F)cc3N3CCCC3)CC2)n1. The second kappa shape index (κ2) is 12.7. The van der Waals surface area contributed by atoms with Gasteiger partial charge in [-0.3, -0.25) is 4.90 Å². The molecule has 3 heterocycles. The molecule has 2 saturated heterocycles. The van der Waals surface area contributed by atoms with Crippen LogP contribution in [0.2, 0.25) is 0 Å². The number of carbonyl (C=O) groups is 1. The Hall–Kier alpha value is -2.40. The standard InChI is InChI=1S/C23H31F3N6OS.C2H6/c1-17(2)34-28-21-7-10-32(27-21)22(33)31-13-11-29(12-14-31)16-18-5-6-19(23(24,25)26)15-20(18)30-8-3-4-9-30;1-2/h5-7,10,15,17H,3-4,8-9,11-14,16H2,1-2H3,(H,27,28);1-2H3. The minimum Gasteiger partial charge on any atom is -0.371 e. The molecule has 0 aliphatic carbocycles. The van der Waals surface area contributed by atoms with Crippen molar-refractivity contribution in [1.82, 2.24) is 19.6 Å². The van der Waals surface area contributed by atoms with Gasteiger partial charge in [0.2, 0.25) is 0 Å². The van der Waals surface area contributed by atoms with Crippen LogP contribution in [0.1, 0.15) is 51.7 Å². The highest BCUT2D eigenvalue weighted by Crippen LogP contribution is 2.35. The highest BCUT2D eigenvalue weighted by Gasteiger charge is 2.32. The molecule has 7 nitrogen and oxygen atoms in total. The van der Waals surface area contributed by atoms with Crippen LogP contribution in [0.4, 0.5) is 29.5 Å². The number of benzene rings is 1. The minimum atomic E-state index is -4.35. The van der Waals surface area contributed by atoms with Crippen molar-refractivity contribution in [3.63, 3.8) is 0 Å². The number of amides is 1. The van der Waals surface area contributed by atoms with Gasteiger partial charge in [-0.25, -0.2) is 4.79 Å². The van der Waals surface area contributed by atoms with Crippen LogP contribution in [-0.4, -0.2) is 70.1 Å². The first kappa shape index (κ1) is 28.2. The molecule has 0 spiro atoms. The van der Waals surface area contributed by atoms with Gasteiger partial charge in [0.25, 0.3) is 0 Å². The molecule has 1 aromatic carbocycles. The zero-order valence-corrected chi connectivity index (χ0v) is 22.3. The van der Waals surface area contributed by atoms with Crippen LogP contribution in [0.5, 0.6) is 0 Å². The van der Waals surface area contributed by atoms with Crippen LogP contribution >= 0.6 is 11.9 Å². The number of piperazine rings is 1. The van der Waals surface area contributed by atoms with Gasteiger partial charge in [0.1, 0.15) is 0 Å². The predicted molar refractivity (Wildman–Crippen MR) is 140 cm³/mol. The fraction of sp³-hybridized carbons (Fsp3) is 0.600. The lowest BCUT2D eigenvalue weighted by Gasteiger charge is -2.35. The van der Waals surface area contributed by atoms with E-state index in [0.29, 0.717) is 49.5 Å². The summed E-state index contributed by atoms with van der Waals surface area (Å²) < 4.78 is 44.4. The van der Waals surface area contributed by atoms with E-state index < -0.39 is 11.7 Å². The van der Waals surface area contributed by atoms with Crippen LogP contribution in [0, 0.1) is 0 Å². The average molecular weight is 527 g/mol. The fourth-order valence-electron chi connectivity index (χ4n) is 4.27. The molecule has 200 valence electrons. The molecule has 0 saturated carbocycles. The Bertz CT molecular complexity index is 982. The maximum absolute atomic E-state index is 13.3. The summed E-state index contributed by atoms with van der Waals surface area (Å²) in [6, 6.07) is 5.68. The number of nitrogens with zero attached hydrogens (tertiary/aromatic N) is 5. The van der Waals surface area contributed by atoms with Gasteiger partial charge < -0.3 is 14.5 Å². The molecule has 1 N–H and O–H groups in total. The summed E-state index contributed by atoms with van der Waals surface area (Å²) in [7, 11) is 0. The van der Waals surface area contributed by atoms with Crippen LogP contribution in [-0.2, 0) is 12.7 Å². The van der Waals surface area contributed by atoms with E-state index in [9.17, 15) is 18.0 Å². The number of hydrogen-bond donors (Lipinski definition) is 1. The van der Waals surface area contributed by atoms with Crippen molar-refractivity contribution in [1.29, 1.82) is 0 Å². The smallest absolute Gasteiger partial charge is 0.371 e. The van der Waals surface area contributed by atoms with E-state index in [1.807, 2.05) is 13.8 Å². The van der Waals surface area contributed by atoms with Gasteiger partial charge in [0.15, 0.2) is 5.82 Å². The molecule has 0 bridgehead atoms. The third-order valence-electron chi connectivity index (χ3n) is 6.08. The van der Waals surface area contributed by atoms with E-state index in [1.165, 1.54) is 28.8 Å². The number of carbonyl (C=O) groups excluding carboxylic acids is 1. The Labute approximate surface area is 216 Å². The lowest BCUT2D eigenvalue weighted by atomic mass is 10.1. The summed E-state index contributed by atoms with van der Waals surface area (Å²) in [5.74, 6) is 0.641. The first-order valence-electron chi connectivity index (χ1n) is 12.6. The summed E-state index contributed by atoms with van der Waals surface area (Å²) >= 11 is 1.54. The number of anilines is 2. The van der Waals surface area contributed by atoms with Crippen molar-refractivity contribution in [3.05, 3.63) is 41.6 Å². The van der Waals surface area contributed by atoms with E-state index in [0.717, 1.165) is 31.5 Å². The number of nitrogens with one attached hydrogen (secondary N) is 1. The first-order chi connectivity index (χ1) is 17.2. The zero-order valence-electron chi connectivity index (χ0n) is 21.5. The van der Waals surface area contributed by atoms with Crippen LogP contribution in [0.3, 0.4) is 0 Å². The van der Waals surface area contributed by atoms with E-state index >= 15 is 0 Å². The van der Waals surface area contributed by atoms with Gasteiger partial charge in [-0.1, -0.05) is 33.8 Å². The largest absolute Gasteiger partial charge is 0.416 e. The highest BCUT2D eigenvalue weighted by molar-refractivity contribution is 8.01. The normalized spacial score (nSPS) is 16.8. The quantitative estimate of drug-likeness (QED) is 0.482. The Morgan fingerprint density at radius 2 is 1.72 bits per heavy atom. The van der Waals surface area contributed by atoms with Gasteiger partial charge in [0.05, 0.1) is 5.56 Å². The van der Waals surface area contributed by atoms with Crippen molar-refractivity contribution >= 4 is 29.5 Å². The molecule has 0 unspecified atom stereocenters. The Kier molecular flexibility index (Phi) is 9.95. The molecule has 2 fully saturated rings. The Morgan fingerprint density at radius 1 is 1.06 bits per heavy atom. The van der Waals surface area contributed by atoms with Gasteiger partial charge in [-0.2, -0.15) is 17.9 Å². The van der Waals surface area contributed by atoms with Gasteiger partial charge in [0, 0.05) is 69.0 Å².